The van der Waals surface area contributed by atoms with Crippen LogP contribution in [0.1, 0.15) is 0 Å². The molecule has 0 radical (unpaired) electrons. The molecule has 0 unspecified atom stereocenters. The van der Waals surface area contributed by atoms with Gasteiger partial charge >= 0.3 is 0 Å². The smallest absolute Gasteiger partial charge is 0.225 e. The highest BCUT2D eigenvalue weighted by molar-refractivity contribution is 7.13. The molecule has 74 valence electrons. The average molecular weight is 209 g/mol. The lowest BCUT2D eigenvalue weighted by atomic mass is 10.5. The van der Waals surface area contributed by atoms with E-state index >= 15 is 0 Å². The number of aromatic nitrogens is 3. The van der Waals surface area contributed by atoms with Gasteiger partial charge in [0.25, 0.3) is 0 Å². The summed E-state index contributed by atoms with van der Waals surface area (Å²) in [4.78, 5) is 10.5. The first kappa shape index (κ1) is 9.29. The molecular weight excluding hydrogens is 198 g/mol. The zero-order valence-corrected chi connectivity index (χ0v) is 8.66. The summed E-state index contributed by atoms with van der Waals surface area (Å²) in [5.41, 5.74) is 6.34. The van der Waals surface area contributed by atoms with Crippen LogP contribution in [-0.4, -0.2) is 34.5 Å². The topological polar surface area (TPSA) is 67.9 Å². The molecule has 0 bridgehead atoms. The normalized spacial score (nSPS) is 10.7. The van der Waals surface area contributed by atoms with Gasteiger partial charge in [-0.05, 0) is 11.5 Å². The van der Waals surface area contributed by atoms with Crippen LogP contribution in [0, 0.1) is 0 Å². The van der Waals surface area contributed by atoms with E-state index in [1.807, 2.05) is 11.9 Å². The molecule has 2 aromatic heterocycles. The number of hydrogen-bond donors (Lipinski definition) is 1. The maximum atomic E-state index is 5.45. The molecule has 0 aromatic carbocycles. The second kappa shape index (κ2) is 3.85. The molecule has 2 aromatic rings. The van der Waals surface area contributed by atoms with Crippen molar-refractivity contribution in [1.82, 2.24) is 14.3 Å². The number of likely N-dealkylation sites (N-methyl/N-ethyl adjacent to an activating group) is 1. The van der Waals surface area contributed by atoms with Crippen LogP contribution in [0.15, 0.2) is 12.4 Å². The molecule has 2 rings (SSSR count). The summed E-state index contributed by atoms with van der Waals surface area (Å²) in [5.74, 6) is 0.697. The summed E-state index contributed by atoms with van der Waals surface area (Å²) in [7, 11) is 1.92. The lowest BCUT2D eigenvalue weighted by Crippen LogP contribution is -2.26. The highest BCUT2D eigenvalue weighted by Gasteiger charge is 2.05. The number of nitrogens with two attached hydrogens (primary N) is 1. The molecule has 0 fully saturated rings. The van der Waals surface area contributed by atoms with Gasteiger partial charge in [-0.1, -0.05) is 0 Å². The van der Waals surface area contributed by atoms with Gasteiger partial charge in [0.2, 0.25) is 5.95 Å². The van der Waals surface area contributed by atoms with Gasteiger partial charge < -0.3 is 10.6 Å². The number of hydrogen-bond acceptors (Lipinski definition) is 6. The van der Waals surface area contributed by atoms with E-state index in [1.165, 1.54) is 11.5 Å². The fourth-order valence-corrected chi connectivity index (χ4v) is 1.71. The van der Waals surface area contributed by atoms with Crippen LogP contribution in [0.4, 0.5) is 5.95 Å². The molecule has 0 saturated carbocycles. The van der Waals surface area contributed by atoms with Gasteiger partial charge in [-0.25, -0.2) is 9.97 Å². The van der Waals surface area contributed by atoms with Gasteiger partial charge in [-0.3, -0.25) is 0 Å². The lowest BCUT2D eigenvalue weighted by Gasteiger charge is -2.14. The van der Waals surface area contributed by atoms with Crippen molar-refractivity contribution in [2.75, 3.05) is 25.0 Å². The van der Waals surface area contributed by atoms with Crippen LogP contribution in [0.5, 0.6) is 0 Å². The van der Waals surface area contributed by atoms with Crippen molar-refractivity contribution in [3.63, 3.8) is 0 Å². The largest absolute Gasteiger partial charge is 0.343 e. The Balaban J connectivity index is 2.33. The minimum atomic E-state index is 0.597. The van der Waals surface area contributed by atoms with Crippen LogP contribution >= 0.6 is 11.5 Å². The third kappa shape index (κ3) is 1.66. The molecule has 0 atom stereocenters. The van der Waals surface area contributed by atoms with Crippen LogP contribution in [0.25, 0.3) is 10.2 Å². The summed E-state index contributed by atoms with van der Waals surface area (Å²) in [6.45, 7) is 1.35. The number of nitrogens with zero attached hydrogens (tertiary/aromatic N) is 4. The fourth-order valence-electron chi connectivity index (χ4n) is 1.15. The SMILES string of the molecule is CN(CCN)c1ncc2sncc2n1. The minimum absolute atomic E-state index is 0.597. The van der Waals surface area contributed by atoms with Crippen molar-refractivity contribution in [3.8, 4) is 0 Å². The summed E-state index contributed by atoms with van der Waals surface area (Å²) < 4.78 is 5.05. The third-order valence-corrected chi connectivity index (χ3v) is 2.62. The van der Waals surface area contributed by atoms with Gasteiger partial charge in [-0.2, -0.15) is 4.37 Å². The van der Waals surface area contributed by atoms with E-state index in [4.69, 9.17) is 5.73 Å². The maximum Gasteiger partial charge on any atom is 0.225 e. The molecule has 2 heterocycles. The van der Waals surface area contributed by atoms with E-state index in [-0.39, 0.29) is 0 Å². The van der Waals surface area contributed by atoms with Gasteiger partial charge in [0.05, 0.1) is 17.1 Å². The van der Waals surface area contributed by atoms with Crippen molar-refractivity contribution < 1.29 is 0 Å². The Bertz CT molecular complexity index is 426. The predicted octanol–water partition coefficient (Wildman–Crippen LogP) is 0.481. The molecule has 0 amide bonds. The van der Waals surface area contributed by atoms with Crippen molar-refractivity contribution in [2.24, 2.45) is 5.73 Å². The average Bonchev–Trinajstić information content (AvgIpc) is 2.64. The van der Waals surface area contributed by atoms with Gasteiger partial charge in [0, 0.05) is 20.1 Å². The third-order valence-electron chi connectivity index (χ3n) is 1.90. The Morgan fingerprint density at radius 3 is 3.14 bits per heavy atom. The van der Waals surface area contributed by atoms with E-state index in [2.05, 4.69) is 14.3 Å². The Kier molecular flexibility index (Phi) is 2.55. The zero-order valence-electron chi connectivity index (χ0n) is 7.84. The van der Waals surface area contributed by atoms with Gasteiger partial charge in [0.1, 0.15) is 5.52 Å². The highest BCUT2D eigenvalue weighted by atomic mass is 32.1. The molecule has 0 aliphatic carbocycles. The molecule has 0 aliphatic rings. The Morgan fingerprint density at radius 2 is 2.36 bits per heavy atom. The van der Waals surface area contributed by atoms with E-state index in [0.29, 0.717) is 12.5 Å². The first-order valence-corrected chi connectivity index (χ1v) is 5.07. The molecule has 6 heteroatoms. The Hall–Kier alpha value is -1.27. The standard InChI is InChI=1S/C8H11N5S/c1-13(3-2-9)8-10-5-7-6(12-8)4-11-14-7/h4-5H,2-3,9H2,1H3. The van der Waals surface area contributed by atoms with Gasteiger partial charge in [0.15, 0.2) is 0 Å². The van der Waals surface area contributed by atoms with Crippen molar-refractivity contribution in [2.45, 2.75) is 0 Å². The van der Waals surface area contributed by atoms with E-state index < -0.39 is 0 Å². The summed E-state index contributed by atoms with van der Waals surface area (Å²) >= 11 is 1.40. The monoisotopic (exact) mass is 209 g/mol. The number of anilines is 1. The molecule has 2 N–H and O–H groups in total. The van der Waals surface area contributed by atoms with Crippen LogP contribution in [-0.2, 0) is 0 Å². The Morgan fingerprint density at radius 1 is 1.50 bits per heavy atom. The molecule has 0 saturated heterocycles. The van der Waals surface area contributed by atoms with E-state index in [0.717, 1.165) is 16.8 Å². The predicted molar refractivity (Wildman–Crippen MR) is 57.5 cm³/mol. The van der Waals surface area contributed by atoms with Crippen LogP contribution < -0.4 is 10.6 Å². The number of rotatable bonds is 3. The quantitative estimate of drug-likeness (QED) is 0.796. The van der Waals surface area contributed by atoms with E-state index in [1.54, 1.807) is 12.4 Å². The fraction of sp³-hybridized carbons (Fsp3) is 0.375. The molecule has 0 spiro atoms. The molecular formula is C8H11N5S. The minimum Gasteiger partial charge on any atom is -0.343 e. The maximum absolute atomic E-state index is 5.45. The summed E-state index contributed by atoms with van der Waals surface area (Å²) in [5, 5.41) is 0. The van der Waals surface area contributed by atoms with E-state index in [9.17, 15) is 0 Å². The van der Waals surface area contributed by atoms with Crippen LogP contribution in [0.2, 0.25) is 0 Å². The first-order valence-electron chi connectivity index (χ1n) is 4.30. The first-order chi connectivity index (χ1) is 6.81. The zero-order chi connectivity index (χ0) is 9.97. The molecule has 0 aliphatic heterocycles. The van der Waals surface area contributed by atoms with Crippen LogP contribution in [0.3, 0.4) is 0 Å². The second-order valence-corrected chi connectivity index (χ2v) is 3.79. The number of fused-ring (bicyclic) bond motifs is 1. The lowest BCUT2D eigenvalue weighted by molar-refractivity contribution is 0.851. The second-order valence-electron chi connectivity index (χ2n) is 2.96. The molecule has 14 heavy (non-hydrogen) atoms. The molecule has 5 nitrogen and oxygen atoms in total. The highest BCUT2D eigenvalue weighted by Crippen LogP contribution is 2.16. The Labute approximate surface area is 85.7 Å². The van der Waals surface area contributed by atoms with Crippen molar-refractivity contribution >= 4 is 27.7 Å². The summed E-state index contributed by atoms with van der Waals surface area (Å²) in [6, 6.07) is 0. The van der Waals surface area contributed by atoms with Crippen molar-refractivity contribution in [1.29, 1.82) is 0 Å². The van der Waals surface area contributed by atoms with Crippen molar-refractivity contribution in [3.05, 3.63) is 12.4 Å². The summed E-state index contributed by atoms with van der Waals surface area (Å²) in [6.07, 6.45) is 3.55. The van der Waals surface area contributed by atoms with Gasteiger partial charge in [-0.15, -0.1) is 0 Å².